The van der Waals surface area contributed by atoms with Crippen molar-refractivity contribution in [3.8, 4) is 0 Å². The van der Waals surface area contributed by atoms with Gasteiger partial charge in [-0.25, -0.2) is 0 Å². The third-order valence-corrected chi connectivity index (χ3v) is 6.88. The maximum atomic E-state index is 13.4. The lowest BCUT2D eigenvalue weighted by molar-refractivity contribution is -0.156. The fraction of sp³-hybridized carbons (Fsp3) is 0.444. The van der Waals surface area contributed by atoms with Gasteiger partial charge in [0.15, 0.2) is 5.76 Å². The van der Waals surface area contributed by atoms with E-state index in [1.165, 1.54) is 19.3 Å². The van der Waals surface area contributed by atoms with Gasteiger partial charge in [0.2, 0.25) is 6.29 Å². The summed E-state index contributed by atoms with van der Waals surface area (Å²) in [5.41, 5.74) is 3.01. The fourth-order valence-corrected chi connectivity index (χ4v) is 4.65. The fourth-order valence-electron chi connectivity index (χ4n) is 4.39. The van der Waals surface area contributed by atoms with Crippen molar-refractivity contribution in [3.05, 3.63) is 81.5 Å². The summed E-state index contributed by atoms with van der Waals surface area (Å²) in [5, 5.41) is 9.24. The van der Waals surface area contributed by atoms with Crippen LogP contribution in [0.15, 0.2) is 64.8 Å². The van der Waals surface area contributed by atoms with E-state index in [4.69, 9.17) is 9.47 Å². The maximum Gasteiger partial charge on any atom is 0.288 e. The van der Waals surface area contributed by atoms with Crippen molar-refractivity contribution in [3.63, 3.8) is 0 Å². The summed E-state index contributed by atoms with van der Waals surface area (Å²) in [6, 6.07) is 15.9. The van der Waals surface area contributed by atoms with Gasteiger partial charge in [0, 0.05) is 29.9 Å². The predicted octanol–water partition coefficient (Wildman–Crippen LogP) is 5.66. The molecule has 2 aliphatic rings. The average Bonchev–Trinajstić information content (AvgIpc) is 2.83. The predicted molar refractivity (Wildman–Crippen MR) is 131 cm³/mol. The molecule has 5 nitrogen and oxygen atoms in total. The molecule has 0 saturated carbocycles. The average molecular weight is 514 g/mol. The Bertz CT molecular complexity index is 934. The highest BCUT2D eigenvalue weighted by atomic mass is 79.9. The molecule has 0 radical (unpaired) electrons. The summed E-state index contributed by atoms with van der Waals surface area (Å²) in [5.74, 6) is 0.414. The van der Waals surface area contributed by atoms with Gasteiger partial charge >= 0.3 is 0 Å². The number of hydrogen-bond acceptors (Lipinski definition) is 4. The van der Waals surface area contributed by atoms with Crippen LogP contribution in [-0.4, -0.2) is 35.3 Å². The quantitative estimate of drug-likeness (QED) is 0.540. The summed E-state index contributed by atoms with van der Waals surface area (Å²) in [6.07, 6.45) is 7.79. The van der Waals surface area contributed by atoms with Crippen LogP contribution < -0.4 is 0 Å². The number of allylic oxidation sites excluding steroid dienone is 1. The molecule has 2 heterocycles. The van der Waals surface area contributed by atoms with E-state index in [0.717, 1.165) is 47.1 Å². The smallest absolute Gasteiger partial charge is 0.288 e. The van der Waals surface area contributed by atoms with Crippen molar-refractivity contribution in [2.24, 2.45) is 0 Å². The van der Waals surface area contributed by atoms with Crippen molar-refractivity contribution >= 4 is 21.8 Å². The molecule has 1 N–H and O–H groups in total. The minimum absolute atomic E-state index is 0.0223. The van der Waals surface area contributed by atoms with Crippen LogP contribution in [0.4, 0.5) is 0 Å². The van der Waals surface area contributed by atoms with Gasteiger partial charge in [-0.15, -0.1) is 0 Å². The number of ether oxygens (including phenoxy) is 2. The highest BCUT2D eigenvalue weighted by Gasteiger charge is 2.31. The number of benzene rings is 2. The number of amides is 1. The van der Waals surface area contributed by atoms with Crippen LogP contribution in [0, 0.1) is 0 Å². The number of halogens is 1. The van der Waals surface area contributed by atoms with E-state index in [1.807, 2.05) is 47.4 Å². The van der Waals surface area contributed by atoms with Crippen LogP contribution >= 0.6 is 15.9 Å². The van der Waals surface area contributed by atoms with Gasteiger partial charge < -0.3 is 19.5 Å². The second kappa shape index (κ2) is 11.8. The maximum absolute atomic E-state index is 13.4. The van der Waals surface area contributed by atoms with Gasteiger partial charge in [0.1, 0.15) is 0 Å². The van der Waals surface area contributed by atoms with E-state index in [-0.39, 0.29) is 18.4 Å². The lowest BCUT2D eigenvalue weighted by Gasteiger charge is -2.32. The van der Waals surface area contributed by atoms with Crippen molar-refractivity contribution in [1.82, 2.24) is 4.90 Å². The van der Waals surface area contributed by atoms with Crippen LogP contribution in [0.2, 0.25) is 0 Å². The molecule has 33 heavy (non-hydrogen) atoms. The van der Waals surface area contributed by atoms with Gasteiger partial charge in [0.25, 0.3) is 5.91 Å². The van der Waals surface area contributed by atoms with E-state index < -0.39 is 6.29 Å². The zero-order valence-corrected chi connectivity index (χ0v) is 20.5. The van der Waals surface area contributed by atoms with Crippen LogP contribution in [0.1, 0.15) is 61.1 Å². The zero-order valence-electron chi connectivity index (χ0n) is 18.9. The molecule has 176 valence electrons. The molecule has 2 aromatic carbocycles. The van der Waals surface area contributed by atoms with Gasteiger partial charge in [-0.2, -0.15) is 0 Å². The molecule has 0 unspecified atom stereocenters. The largest absolute Gasteiger partial charge is 0.459 e. The standard InChI is InChI=1S/C27H32BrNO4/c28-24-12-10-22(11-13-24)23-16-25(27(31)29-14-4-2-1-3-5-15-29)33-26(17-23)32-19-21-8-6-20(18-30)7-9-21/h6-13,16,23,26,30H,1-5,14-15,17-19H2/t23-,26+/m0/s1. The molecule has 0 aliphatic carbocycles. The minimum atomic E-state index is -0.505. The summed E-state index contributed by atoms with van der Waals surface area (Å²) in [4.78, 5) is 15.3. The lowest BCUT2D eigenvalue weighted by atomic mass is 9.93. The number of carbonyl (C=O) groups excluding carboxylic acids is 1. The first-order valence-corrected chi connectivity index (χ1v) is 12.6. The molecular weight excluding hydrogens is 482 g/mol. The van der Waals surface area contributed by atoms with Crippen molar-refractivity contribution in [2.45, 2.75) is 63.9 Å². The number of rotatable bonds is 6. The summed E-state index contributed by atoms with van der Waals surface area (Å²) < 4.78 is 13.3. The monoisotopic (exact) mass is 513 g/mol. The Balaban J connectivity index is 1.50. The number of likely N-dealkylation sites (tertiary alicyclic amines) is 1. The Kier molecular flexibility index (Phi) is 8.59. The Labute approximate surface area is 204 Å². The molecule has 0 aromatic heterocycles. The number of aliphatic hydroxyl groups excluding tert-OH is 1. The van der Waals surface area contributed by atoms with Gasteiger partial charge in [-0.3, -0.25) is 4.79 Å². The van der Waals surface area contributed by atoms with Gasteiger partial charge in [0.05, 0.1) is 13.2 Å². The molecule has 1 fully saturated rings. The Morgan fingerprint density at radius 2 is 1.61 bits per heavy atom. The molecule has 2 atom stereocenters. The first-order chi connectivity index (χ1) is 16.1. The van der Waals surface area contributed by atoms with Crippen molar-refractivity contribution in [1.29, 1.82) is 0 Å². The molecule has 4 rings (SSSR count). The van der Waals surface area contributed by atoms with E-state index in [2.05, 4.69) is 28.1 Å². The van der Waals surface area contributed by atoms with Gasteiger partial charge in [-0.05, 0) is 47.7 Å². The van der Waals surface area contributed by atoms with Crippen molar-refractivity contribution in [2.75, 3.05) is 13.1 Å². The number of aliphatic hydroxyl groups is 1. The number of nitrogens with zero attached hydrogens (tertiary/aromatic N) is 1. The Morgan fingerprint density at radius 1 is 0.970 bits per heavy atom. The zero-order chi connectivity index (χ0) is 23.0. The van der Waals surface area contributed by atoms with E-state index >= 15 is 0 Å². The SMILES string of the molecule is O=C(C1=C[C@H](c2ccc(Br)cc2)C[C@H](OCc2ccc(CO)cc2)O1)N1CCCCCCC1. The molecule has 0 bridgehead atoms. The van der Waals surface area contributed by atoms with Crippen LogP contribution in [0.3, 0.4) is 0 Å². The van der Waals surface area contributed by atoms with E-state index in [1.54, 1.807) is 0 Å². The molecular formula is C27H32BrNO4. The highest BCUT2D eigenvalue weighted by molar-refractivity contribution is 9.10. The molecule has 2 aliphatic heterocycles. The summed E-state index contributed by atoms with van der Waals surface area (Å²) in [6.45, 7) is 1.97. The number of carbonyl (C=O) groups is 1. The Hall–Kier alpha value is -2.15. The molecule has 1 amide bonds. The van der Waals surface area contributed by atoms with E-state index in [0.29, 0.717) is 18.8 Å². The Morgan fingerprint density at radius 3 is 2.27 bits per heavy atom. The number of hydrogen-bond donors (Lipinski definition) is 1. The second-order valence-electron chi connectivity index (χ2n) is 8.82. The first kappa shape index (κ1) is 24.0. The van der Waals surface area contributed by atoms with Gasteiger partial charge in [-0.1, -0.05) is 71.6 Å². The molecule has 0 spiro atoms. The molecule has 1 saturated heterocycles. The topological polar surface area (TPSA) is 59.0 Å². The highest BCUT2D eigenvalue weighted by Crippen LogP contribution is 2.33. The van der Waals surface area contributed by atoms with Crippen LogP contribution in [-0.2, 0) is 27.5 Å². The molecule has 6 heteroatoms. The first-order valence-electron chi connectivity index (χ1n) is 11.9. The van der Waals surface area contributed by atoms with Crippen LogP contribution in [0.25, 0.3) is 0 Å². The second-order valence-corrected chi connectivity index (χ2v) is 9.73. The van der Waals surface area contributed by atoms with Crippen molar-refractivity contribution < 1.29 is 19.4 Å². The van der Waals surface area contributed by atoms with E-state index in [9.17, 15) is 9.90 Å². The summed E-state index contributed by atoms with van der Waals surface area (Å²) in [7, 11) is 0. The minimum Gasteiger partial charge on any atom is -0.459 e. The lowest BCUT2D eigenvalue weighted by Crippen LogP contribution is -2.38. The molecule has 2 aromatic rings. The van der Waals surface area contributed by atoms with Crippen LogP contribution in [0.5, 0.6) is 0 Å². The summed E-state index contributed by atoms with van der Waals surface area (Å²) >= 11 is 3.50. The third kappa shape index (κ3) is 6.69. The third-order valence-electron chi connectivity index (χ3n) is 6.35. The normalized spacial score (nSPS) is 21.5.